The molecule has 0 radical (unpaired) electrons. The molecule has 1 aliphatic rings. The van der Waals surface area contributed by atoms with Crippen LogP contribution in [0.25, 0.3) is 28.1 Å². The number of hydrogen-bond donors (Lipinski definition) is 2. The van der Waals surface area contributed by atoms with Crippen molar-refractivity contribution in [1.29, 1.82) is 0 Å². The first-order chi connectivity index (χ1) is 18.0. The molecule has 1 fully saturated rings. The highest BCUT2D eigenvalue weighted by Gasteiger charge is 2.20. The molecule has 0 unspecified atom stereocenters. The number of hydrogen-bond acceptors (Lipinski definition) is 7. The maximum atomic E-state index is 15.7. The van der Waals surface area contributed by atoms with Crippen molar-refractivity contribution in [1.82, 2.24) is 24.4 Å². The molecule has 1 aliphatic heterocycles. The van der Waals surface area contributed by atoms with E-state index in [2.05, 4.69) is 15.0 Å². The largest absolute Gasteiger partial charge is 0.367 e. The van der Waals surface area contributed by atoms with Gasteiger partial charge in [-0.25, -0.2) is 17.8 Å². The van der Waals surface area contributed by atoms with E-state index >= 15 is 8.78 Å². The van der Waals surface area contributed by atoms with Gasteiger partial charge < -0.3 is 14.9 Å². The lowest BCUT2D eigenvalue weighted by molar-refractivity contribution is 0.566. The second kappa shape index (κ2) is 11.3. The van der Waals surface area contributed by atoms with Gasteiger partial charge in [0.2, 0.25) is 0 Å². The lowest BCUT2D eigenvalue weighted by Crippen LogP contribution is -2.43. The lowest BCUT2D eigenvalue weighted by atomic mass is 10.0. The summed E-state index contributed by atoms with van der Waals surface area (Å²) in [4.78, 5) is 6.14. The standard InChI is InChI=1S/C27H29F2N7S/c1-3-34(2)37-33-24-6-4-5-21(26(24)29)22-18-36(32-27(22)19-9-11-30-12-10-19)20-7-8-25(23(28)17-20)35-15-13-31-14-16-35/h4-12,17-18,31,33H,3,13-16H2,1-2H3. The summed E-state index contributed by atoms with van der Waals surface area (Å²) in [6.45, 7) is 5.99. The van der Waals surface area contributed by atoms with Crippen LogP contribution in [-0.2, 0) is 0 Å². The number of halogens is 2. The molecule has 7 nitrogen and oxygen atoms in total. The number of aromatic nitrogens is 3. The van der Waals surface area contributed by atoms with Crippen LogP contribution >= 0.6 is 12.1 Å². The van der Waals surface area contributed by atoms with Gasteiger partial charge in [0, 0.05) is 86.2 Å². The van der Waals surface area contributed by atoms with Crippen molar-refractivity contribution in [2.45, 2.75) is 6.92 Å². The van der Waals surface area contributed by atoms with Gasteiger partial charge in [0.15, 0.2) is 5.82 Å². The van der Waals surface area contributed by atoms with Crippen molar-refractivity contribution in [3.63, 3.8) is 0 Å². The SMILES string of the molecule is CCN(C)SNc1cccc(-c2cn(-c3ccc(N4CCNCC4)c(F)c3)nc2-c2ccncc2)c1F. The highest BCUT2D eigenvalue weighted by atomic mass is 32.2. The first-order valence-corrected chi connectivity index (χ1v) is 13.0. The van der Waals surface area contributed by atoms with Gasteiger partial charge >= 0.3 is 0 Å². The number of rotatable bonds is 8. The van der Waals surface area contributed by atoms with Crippen molar-refractivity contribution in [2.24, 2.45) is 0 Å². The van der Waals surface area contributed by atoms with Crippen LogP contribution in [0.15, 0.2) is 67.1 Å². The summed E-state index contributed by atoms with van der Waals surface area (Å²) in [5.74, 6) is -0.689. The molecule has 192 valence electrons. The van der Waals surface area contributed by atoms with E-state index in [1.807, 2.05) is 47.4 Å². The molecule has 5 rings (SSSR count). The van der Waals surface area contributed by atoms with E-state index in [4.69, 9.17) is 5.10 Å². The Morgan fingerprint density at radius 2 is 1.84 bits per heavy atom. The topological polar surface area (TPSA) is 61.2 Å². The monoisotopic (exact) mass is 521 g/mol. The average molecular weight is 522 g/mol. The summed E-state index contributed by atoms with van der Waals surface area (Å²) in [6.07, 6.45) is 5.10. The van der Waals surface area contributed by atoms with E-state index in [1.54, 1.807) is 41.5 Å². The van der Waals surface area contributed by atoms with E-state index in [9.17, 15) is 0 Å². The molecule has 3 heterocycles. The summed E-state index contributed by atoms with van der Waals surface area (Å²) in [7, 11) is 1.93. The fraction of sp³-hybridized carbons (Fsp3) is 0.259. The normalized spacial score (nSPS) is 13.8. The molecular weight excluding hydrogens is 492 g/mol. The van der Waals surface area contributed by atoms with Crippen LogP contribution < -0.4 is 14.9 Å². The van der Waals surface area contributed by atoms with Crippen LogP contribution in [0.4, 0.5) is 20.2 Å². The minimum absolute atomic E-state index is 0.309. The van der Waals surface area contributed by atoms with E-state index in [1.165, 1.54) is 18.2 Å². The third-order valence-corrected chi connectivity index (χ3v) is 7.25. The Morgan fingerprint density at radius 1 is 1.05 bits per heavy atom. The summed E-state index contributed by atoms with van der Waals surface area (Å²) in [5.41, 5.74) is 3.90. The molecule has 0 atom stereocenters. The minimum Gasteiger partial charge on any atom is -0.367 e. The molecule has 37 heavy (non-hydrogen) atoms. The van der Waals surface area contributed by atoms with Gasteiger partial charge in [0.05, 0.1) is 17.1 Å². The van der Waals surface area contributed by atoms with Crippen molar-refractivity contribution in [2.75, 3.05) is 49.4 Å². The number of anilines is 2. The van der Waals surface area contributed by atoms with Crippen molar-refractivity contribution in [3.8, 4) is 28.1 Å². The van der Waals surface area contributed by atoms with E-state index in [0.29, 0.717) is 33.9 Å². The summed E-state index contributed by atoms with van der Waals surface area (Å²) in [5, 5.41) is 8.05. The zero-order chi connectivity index (χ0) is 25.8. The van der Waals surface area contributed by atoms with Gasteiger partial charge in [-0.3, -0.25) is 4.98 Å². The fourth-order valence-electron chi connectivity index (χ4n) is 4.24. The summed E-state index contributed by atoms with van der Waals surface area (Å²) in [6, 6.07) is 14.0. The Balaban J connectivity index is 1.55. The average Bonchev–Trinajstić information content (AvgIpc) is 3.38. The highest BCUT2D eigenvalue weighted by molar-refractivity contribution is 7.98. The predicted octanol–water partition coefficient (Wildman–Crippen LogP) is 5.22. The van der Waals surface area contributed by atoms with Crippen molar-refractivity contribution < 1.29 is 8.78 Å². The lowest BCUT2D eigenvalue weighted by Gasteiger charge is -2.29. The Kier molecular flexibility index (Phi) is 7.68. The van der Waals surface area contributed by atoms with Gasteiger partial charge in [0.25, 0.3) is 0 Å². The molecule has 0 spiro atoms. The molecular formula is C27H29F2N7S. The van der Waals surface area contributed by atoms with Crippen LogP contribution in [0.5, 0.6) is 0 Å². The Morgan fingerprint density at radius 3 is 2.57 bits per heavy atom. The van der Waals surface area contributed by atoms with E-state index in [0.717, 1.165) is 38.3 Å². The van der Waals surface area contributed by atoms with Gasteiger partial charge in [-0.05, 0) is 37.4 Å². The minimum atomic E-state index is -0.380. The molecule has 0 amide bonds. The predicted molar refractivity (Wildman–Crippen MR) is 147 cm³/mol. The third kappa shape index (κ3) is 5.46. The molecule has 4 aromatic rings. The van der Waals surface area contributed by atoms with Gasteiger partial charge in [-0.15, -0.1) is 0 Å². The second-order valence-electron chi connectivity index (χ2n) is 8.75. The van der Waals surface area contributed by atoms with Crippen LogP contribution in [0.3, 0.4) is 0 Å². The third-order valence-electron chi connectivity index (χ3n) is 6.37. The molecule has 0 bridgehead atoms. The van der Waals surface area contributed by atoms with Crippen LogP contribution in [-0.4, -0.2) is 58.8 Å². The molecule has 0 saturated carbocycles. The quantitative estimate of drug-likeness (QED) is 0.309. The highest BCUT2D eigenvalue weighted by Crippen LogP contribution is 2.36. The molecule has 1 saturated heterocycles. The number of nitrogens with zero attached hydrogens (tertiary/aromatic N) is 5. The zero-order valence-electron chi connectivity index (χ0n) is 20.8. The molecule has 2 aromatic carbocycles. The van der Waals surface area contributed by atoms with Crippen molar-refractivity contribution in [3.05, 3.63) is 78.8 Å². The van der Waals surface area contributed by atoms with Gasteiger partial charge in [-0.2, -0.15) is 5.10 Å². The molecule has 10 heteroatoms. The Hall–Kier alpha value is -3.47. The summed E-state index contributed by atoms with van der Waals surface area (Å²) < 4.78 is 37.6. The van der Waals surface area contributed by atoms with E-state index in [-0.39, 0.29) is 11.6 Å². The Bertz CT molecular complexity index is 1360. The first-order valence-electron chi connectivity index (χ1n) is 12.2. The van der Waals surface area contributed by atoms with Crippen LogP contribution in [0, 0.1) is 11.6 Å². The maximum Gasteiger partial charge on any atom is 0.155 e. The fourth-order valence-corrected chi connectivity index (χ4v) is 4.78. The van der Waals surface area contributed by atoms with Gasteiger partial charge in [0.1, 0.15) is 11.5 Å². The smallest absolute Gasteiger partial charge is 0.155 e. The van der Waals surface area contributed by atoms with Crippen LogP contribution in [0.2, 0.25) is 0 Å². The number of benzene rings is 2. The molecule has 0 aliphatic carbocycles. The Labute approximate surface area is 219 Å². The molecule has 2 N–H and O–H groups in total. The molecule has 2 aromatic heterocycles. The second-order valence-corrected chi connectivity index (χ2v) is 9.76. The van der Waals surface area contributed by atoms with Gasteiger partial charge in [-0.1, -0.05) is 19.1 Å². The number of nitrogens with one attached hydrogen (secondary N) is 2. The number of piperazine rings is 1. The maximum absolute atomic E-state index is 15.7. The number of pyridine rings is 1. The van der Waals surface area contributed by atoms with Crippen LogP contribution in [0.1, 0.15) is 6.92 Å². The van der Waals surface area contributed by atoms with E-state index < -0.39 is 0 Å². The zero-order valence-corrected chi connectivity index (χ0v) is 21.6. The first kappa shape index (κ1) is 25.2. The van der Waals surface area contributed by atoms with Crippen molar-refractivity contribution >= 4 is 23.5 Å². The summed E-state index contributed by atoms with van der Waals surface area (Å²) >= 11 is 1.33.